The summed E-state index contributed by atoms with van der Waals surface area (Å²) in [5.41, 5.74) is 6.18. The van der Waals surface area contributed by atoms with Gasteiger partial charge in [0.1, 0.15) is 6.04 Å². The zero-order chi connectivity index (χ0) is 15.3. The van der Waals surface area contributed by atoms with E-state index in [-0.39, 0.29) is 12.2 Å². The Kier molecular flexibility index (Phi) is 5.97. The molecular weight excluding hydrogens is 330 g/mol. The number of ether oxygens (including phenoxy) is 2. The van der Waals surface area contributed by atoms with Crippen molar-refractivity contribution in [2.45, 2.75) is 26.3 Å². The number of carboxylic acids is 1. The van der Waals surface area contributed by atoms with Crippen LogP contribution in [0.4, 0.5) is 0 Å². The van der Waals surface area contributed by atoms with Gasteiger partial charge in [0.15, 0.2) is 11.5 Å². The average molecular weight is 346 g/mol. The number of carboxylic acid groups (broad SMARTS) is 1. The van der Waals surface area contributed by atoms with E-state index in [9.17, 15) is 9.59 Å². The maximum absolute atomic E-state index is 11.0. The lowest BCUT2D eigenvalue weighted by Crippen LogP contribution is -2.32. The molecule has 20 heavy (non-hydrogen) atoms. The second kappa shape index (κ2) is 7.25. The first-order valence-electron chi connectivity index (χ1n) is 5.97. The first-order chi connectivity index (χ1) is 9.35. The number of carbonyl (C=O) groups is 2. The third-order valence-electron chi connectivity index (χ3n) is 2.42. The summed E-state index contributed by atoms with van der Waals surface area (Å²) in [5, 5.41) is 8.84. The molecule has 3 N–H and O–H groups in total. The van der Waals surface area contributed by atoms with Crippen LogP contribution in [-0.4, -0.2) is 29.7 Å². The summed E-state index contributed by atoms with van der Waals surface area (Å²) in [5.74, 6) is -0.899. The van der Waals surface area contributed by atoms with Gasteiger partial charge in [0.25, 0.3) is 0 Å². The van der Waals surface area contributed by atoms with Crippen LogP contribution >= 0.6 is 15.9 Å². The van der Waals surface area contributed by atoms with Crippen LogP contribution in [0.2, 0.25) is 0 Å². The summed E-state index contributed by atoms with van der Waals surface area (Å²) >= 11 is 3.30. The SMILES string of the molecule is CCOc1cc(CC(N)C(=O)O)c(Br)cc1OC(C)=O. The standard InChI is InChI=1S/C13H16BrNO5/c1-3-19-11-5-8(4-10(15)13(17)18)9(14)6-12(11)20-7(2)16/h5-6,10H,3-4,15H2,1-2H3,(H,17,18). The monoisotopic (exact) mass is 345 g/mol. The molecule has 0 aliphatic carbocycles. The van der Waals surface area contributed by atoms with E-state index in [0.717, 1.165) is 0 Å². The minimum Gasteiger partial charge on any atom is -0.490 e. The third kappa shape index (κ3) is 4.50. The Hall–Kier alpha value is -1.60. The van der Waals surface area contributed by atoms with Crippen molar-refractivity contribution in [2.24, 2.45) is 5.73 Å². The Bertz CT molecular complexity index is 518. The van der Waals surface area contributed by atoms with Gasteiger partial charge in [-0.25, -0.2) is 0 Å². The summed E-state index contributed by atoms with van der Waals surface area (Å²) in [6, 6.07) is 2.17. The van der Waals surface area contributed by atoms with Gasteiger partial charge >= 0.3 is 11.9 Å². The van der Waals surface area contributed by atoms with Crippen LogP contribution in [0.25, 0.3) is 0 Å². The fraction of sp³-hybridized carbons (Fsp3) is 0.385. The number of hydrogen-bond donors (Lipinski definition) is 2. The summed E-state index contributed by atoms with van der Waals surface area (Å²) < 4.78 is 11.0. The fourth-order valence-electron chi connectivity index (χ4n) is 1.56. The third-order valence-corrected chi connectivity index (χ3v) is 3.16. The lowest BCUT2D eigenvalue weighted by atomic mass is 10.1. The van der Waals surface area contributed by atoms with Crippen LogP contribution in [0.5, 0.6) is 11.5 Å². The molecule has 0 bridgehead atoms. The maximum Gasteiger partial charge on any atom is 0.320 e. The molecule has 0 saturated carbocycles. The zero-order valence-corrected chi connectivity index (χ0v) is 12.8. The molecule has 0 amide bonds. The van der Waals surface area contributed by atoms with Crippen molar-refractivity contribution in [3.8, 4) is 11.5 Å². The number of benzene rings is 1. The molecule has 0 spiro atoms. The van der Waals surface area contributed by atoms with Gasteiger partial charge in [-0.15, -0.1) is 0 Å². The number of halogens is 1. The number of aliphatic carboxylic acids is 1. The first-order valence-corrected chi connectivity index (χ1v) is 6.76. The van der Waals surface area contributed by atoms with Crippen LogP contribution in [0.1, 0.15) is 19.4 Å². The number of rotatable bonds is 6. The number of esters is 1. The van der Waals surface area contributed by atoms with Crippen LogP contribution in [0, 0.1) is 0 Å². The van der Waals surface area contributed by atoms with E-state index in [4.69, 9.17) is 20.3 Å². The second-order valence-corrected chi connectivity index (χ2v) is 4.92. The van der Waals surface area contributed by atoms with E-state index in [2.05, 4.69) is 15.9 Å². The lowest BCUT2D eigenvalue weighted by molar-refractivity contribution is -0.138. The Morgan fingerprint density at radius 3 is 2.55 bits per heavy atom. The van der Waals surface area contributed by atoms with Crippen LogP contribution in [-0.2, 0) is 16.0 Å². The van der Waals surface area contributed by atoms with Gasteiger partial charge in [0.05, 0.1) is 6.61 Å². The molecule has 0 heterocycles. The van der Waals surface area contributed by atoms with Gasteiger partial charge in [0, 0.05) is 11.4 Å². The highest BCUT2D eigenvalue weighted by Crippen LogP contribution is 2.34. The van der Waals surface area contributed by atoms with Gasteiger partial charge < -0.3 is 20.3 Å². The molecule has 1 rings (SSSR count). The van der Waals surface area contributed by atoms with E-state index in [0.29, 0.717) is 22.4 Å². The van der Waals surface area contributed by atoms with Crippen molar-refractivity contribution in [1.82, 2.24) is 0 Å². The maximum atomic E-state index is 11.0. The molecule has 0 saturated heterocycles. The van der Waals surface area contributed by atoms with Gasteiger partial charge in [-0.2, -0.15) is 0 Å². The molecule has 1 atom stereocenters. The number of carbonyl (C=O) groups excluding carboxylic acids is 1. The highest BCUT2D eigenvalue weighted by Gasteiger charge is 2.17. The van der Waals surface area contributed by atoms with Crippen molar-refractivity contribution in [3.63, 3.8) is 0 Å². The van der Waals surface area contributed by atoms with E-state index in [1.807, 2.05) is 0 Å². The molecule has 0 radical (unpaired) electrons. The number of hydrogen-bond acceptors (Lipinski definition) is 5. The molecule has 1 aromatic rings. The first kappa shape index (κ1) is 16.5. The summed E-state index contributed by atoms with van der Waals surface area (Å²) in [6.07, 6.45) is 0.135. The molecule has 0 aliphatic heterocycles. The molecule has 0 aliphatic rings. The fourth-order valence-corrected chi connectivity index (χ4v) is 2.05. The predicted molar refractivity (Wildman–Crippen MR) is 75.9 cm³/mol. The molecule has 6 nitrogen and oxygen atoms in total. The van der Waals surface area contributed by atoms with Crippen molar-refractivity contribution < 1.29 is 24.2 Å². The normalized spacial score (nSPS) is 11.8. The van der Waals surface area contributed by atoms with Crippen molar-refractivity contribution in [1.29, 1.82) is 0 Å². The van der Waals surface area contributed by atoms with E-state index in [1.165, 1.54) is 6.92 Å². The summed E-state index contributed by atoms with van der Waals surface area (Å²) in [7, 11) is 0. The molecule has 7 heteroatoms. The Labute approximate surface area is 125 Å². The largest absolute Gasteiger partial charge is 0.490 e. The average Bonchev–Trinajstić information content (AvgIpc) is 2.34. The van der Waals surface area contributed by atoms with Gasteiger partial charge in [-0.05, 0) is 31.0 Å². The van der Waals surface area contributed by atoms with Crippen molar-refractivity contribution >= 4 is 27.9 Å². The Morgan fingerprint density at radius 1 is 1.40 bits per heavy atom. The highest BCUT2D eigenvalue weighted by molar-refractivity contribution is 9.10. The predicted octanol–water partition coefficient (Wildman–Crippen LogP) is 1.73. The van der Waals surface area contributed by atoms with Crippen LogP contribution < -0.4 is 15.2 Å². The molecule has 110 valence electrons. The van der Waals surface area contributed by atoms with Crippen LogP contribution in [0.15, 0.2) is 16.6 Å². The molecule has 0 fully saturated rings. The van der Waals surface area contributed by atoms with Gasteiger partial charge in [0.2, 0.25) is 0 Å². The van der Waals surface area contributed by atoms with Gasteiger partial charge in [-0.1, -0.05) is 15.9 Å². The minimum absolute atomic E-state index is 0.135. The summed E-state index contributed by atoms with van der Waals surface area (Å²) in [6.45, 7) is 3.47. The molecule has 1 aromatic carbocycles. The van der Waals surface area contributed by atoms with E-state index in [1.54, 1.807) is 19.1 Å². The topological polar surface area (TPSA) is 98.8 Å². The van der Waals surface area contributed by atoms with Crippen LogP contribution in [0.3, 0.4) is 0 Å². The highest BCUT2D eigenvalue weighted by atomic mass is 79.9. The number of nitrogens with two attached hydrogens (primary N) is 1. The smallest absolute Gasteiger partial charge is 0.320 e. The zero-order valence-electron chi connectivity index (χ0n) is 11.2. The Morgan fingerprint density at radius 2 is 2.05 bits per heavy atom. The minimum atomic E-state index is -1.08. The van der Waals surface area contributed by atoms with E-state index >= 15 is 0 Å². The van der Waals surface area contributed by atoms with Gasteiger partial charge in [-0.3, -0.25) is 9.59 Å². The van der Waals surface area contributed by atoms with E-state index < -0.39 is 18.0 Å². The van der Waals surface area contributed by atoms with Crippen molar-refractivity contribution in [2.75, 3.05) is 6.61 Å². The quantitative estimate of drug-likeness (QED) is 0.601. The molecule has 0 aromatic heterocycles. The molecule has 1 unspecified atom stereocenters. The lowest BCUT2D eigenvalue weighted by Gasteiger charge is -2.14. The Balaban J connectivity index is 3.11. The second-order valence-electron chi connectivity index (χ2n) is 4.07. The van der Waals surface area contributed by atoms with Crippen molar-refractivity contribution in [3.05, 3.63) is 22.2 Å². The molecular formula is C13H16BrNO5. The summed E-state index contributed by atoms with van der Waals surface area (Å²) in [4.78, 5) is 21.8.